The predicted octanol–water partition coefficient (Wildman–Crippen LogP) is 3.19. The molecule has 1 N–H and O–H groups in total. The third-order valence-electron chi connectivity index (χ3n) is 5.70. The van der Waals surface area contributed by atoms with Crippen molar-refractivity contribution in [1.29, 1.82) is 0 Å². The molecule has 3 aromatic rings. The summed E-state index contributed by atoms with van der Waals surface area (Å²) >= 11 is 0. The number of hydrogen-bond acceptors (Lipinski definition) is 7. The van der Waals surface area contributed by atoms with Crippen molar-refractivity contribution in [2.45, 2.75) is 17.7 Å². The van der Waals surface area contributed by atoms with Gasteiger partial charge >= 0.3 is 0 Å². The molecule has 172 valence electrons. The van der Waals surface area contributed by atoms with E-state index in [1.54, 1.807) is 24.4 Å². The summed E-state index contributed by atoms with van der Waals surface area (Å²) in [5, 5.41) is 14.0. The average molecular weight is 471 g/mol. The van der Waals surface area contributed by atoms with E-state index >= 15 is 0 Å². The average Bonchev–Trinajstić information content (AvgIpc) is 2.83. The first-order valence-corrected chi connectivity index (χ1v) is 11.7. The van der Waals surface area contributed by atoms with E-state index in [4.69, 9.17) is 4.74 Å². The Hall–Kier alpha value is -3.57. The molecule has 0 unspecified atom stereocenters. The van der Waals surface area contributed by atoms with E-state index in [2.05, 4.69) is 10.3 Å². The van der Waals surface area contributed by atoms with E-state index in [1.165, 1.54) is 41.7 Å². The summed E-state index contributed by atoms with van der Waals surface area (Å²) in [4.78, 5) is 27.3. The van der Waals surface area contributed by atoms with Crippen molar-refractivity contribution in [1.82, 2.24) is 9.29 Å². The molecule has 2 aromatic carbocycles. The van der Waals surface area contributed by atoms with E-state index in [0.717, 1.165) is 0 Å². The number of carbonyl (C=O) groups is 1. The number of carbonyl (C=O) groups excluding carboxylic acids is 1. The summed E-state index contributed by atoms with van der Waals surface area (Å²) in [6.45, 7) is 0.406. The van der Waals surface area contributed by atoms with Crippen LogP contribution in [0.2, 0.25) is 0 Å². The molecule has 0 spiro atoms. The van der Waals surface area contributed by atoms with Crippen LogP contribution in [0.25, 0.3) is 10.9 Å². The van der Waals surface area contributed by atoms with Crippen molar-refractivity contribution in [2.75, 3.05) is 25.5 Å². The lowest BCUT2D eigenvalue weighted by atomic mass is 9.97. The van der Waals surface area contributed by atoms with Crippen LogP contribution in [-0.2, 0) is 14.8 Å². The van der Waals surface area contributed by atoms with Gasteiger partial charge < -0.3 is 10.1 Å². The summed E-state index contributed by atoms with van der Waals surface area (Å²) in [5.41, 5.74) is 0.865. The molecular formula is C22H22N4O6S. The number of aromatic nitrogens is 1. The van der Waals surface area contributed by atoms with Crippen LogP contribution in [0, 0.1) is 16.0 Å². The van der Waals surface area contributed by atoms with Crippen LogP contribution < -0.4 is 10.1 Å². The second kappa shape index (κ2) is 9.12. The minimum Gasteiger partial charge on any atom is -0.494 e. The van der Waals surface area contributed by atoms with Crippen LogP contribution in [0.3, 0.4) is 0 Å². The molecule has 0 atom stereocenters. The Balaban J connectivity index is 1.46. The topological polar surface area (TPSA) is 132 Å². The number of amides is 1. The predicted molar refractivity (Wildman–Crippen MR) is 122 cm³/mol. The molecule has 0 aliphatic carbocycles. The summed E-state index contributed by atoms with van der Waals surface area (Å²) in [7, 11) is -2.29. The molecule has 0 bridgehead atoms. The third kappa shape index (κ3) is 4.50. The van der Waals surface area contributed by atoms with Gasteiger partial charge in [-0.15, -0.1) is 0 Å². The van der Waals surface area contributed by atoms with Crippen LogP contribution in [-0.4, -0.2) is 48.7 Å². The van der Waals surface area contributed by atoms with Gasteiger partial charge in [-0.05, 0) is 49.2 Å². The smallest absolute Gasteiger partial charge is 0.269 e. The molecule has 2 heterocycles. The minimum atomic E-state index is -3.79. The molecule has 1 aliphatic heterocycles. The number of benzene rings is 2. The van der Waals surface area contributed by atoms with Crippen LogP contribution in [0.15, 0.2) is 59.6 Å². The quantitative estimate of drug-likeness (QED) is 0.432. The number of methoxy groups -OCH3 is 1. The maximum Gasteiger partial charge on any atom is 0.269 e. The SMILES string of the molecule is COc1ccc(S(=O)(=O)N2CCC(C(=O)Nc3ccc([N+](=O)[O-])cc3)CC2)c2cccnc12. The fourth-order valence-corrected chi connectivity index (χ4v) is 5.57. The van der Waals surface area contributed by atoms with Gasteiger partial charge in [0.25, 0.3) is 5.69 Å². The fourth-order valence-electron chi connectivity index (χ4n) is 3.92. The number of fused-ring (bicyclic) bond motifs is 1. The van der Waals surface area contributed by atoms with Gasteiger partial charge in [-0.2, -0.15) is 4.31 Å². The lowest BCUT2D eigenvalue weighted by Gasteiger charge is -2.30. The molecule has 11 heteroatoms. The maximum atomic E-state index is 13.4. The van der Waals surface area contributed by atoms with Gasteiger partial charge in [0, 0.05) is 48.4 Å². The van der Waals surface area contributed by atoms with E-state index < -0.39 is 14.9 Å². The first-order valence-electron chi connectivity index (χ1n) is 10.3. The Morgan fingerprint density at radius 2 is 1.85 bits per heavy atom. The Bertz CT molecular complexity index is 1300. The monoisotopic (exact) mass is 470 g/mol. The van der Waals surface area contributed by atoms with Gasteiger partial charge in [0.15, 0.2) is 0 Å². The summed E-state index contributed by atoms with van der Waals surface area (Å²) in [6.07, 6.45) is 2.31. The van der Waals surface area contributed by atoms with E-state index in [9.17, 15) is 23.3 Å². The van der Waals surface area contributed by atoms with Crippen LogP contribution in [0.1, 0.15) is 12.8 Å². The van der Waals surface area contributed by atoms with Crippen LogP contribution >= 0.6 is 0 Å². The van der Waals surface area contributed by atoms with Crippen LogP contribution in [0.4, 0.5) is 11.4 Å². The number of nitro benzene ring substituents is 1. The zero-order valence-corrected chi connectivity index (χ0v) is 18.6. The molecule has 1 saturated heterocycles. The Morgan fingerprint density at radius 3 is 2.48 bits per heavy atom. The number of ether oxygens (including phenoxy) is 1. The second-order valence-corrected chi connectivity index (χ2v) is 9.54. The highest BCUT2D eigenvalue weighted by Gasteiger charge is 2.33. The fraction of sp³-hybridized carbons (Fsp3) is 0.273. The molecule has 0 saturated carbocycles. The van der Waals surface area contributed by atoms with E-state index in [1.807, 2.05) is 0 Å². The number of non-ortho nitro benzene ring substituents is 1. The Morgan fingerprint density at radius 1 is 1.15 bits per heavy atom. The van der Waals surface area contributed by atoms with Gasteiger partial charge in [0.1, 0.15) is 11.3 Å². The maximum absolute atomic E-state index is 13.4. The highest BCUT2D eigenvalue weighted by Crippen LogP contribution is 2.32. The number of nitrogens with zero attached hydrogens (tertiary/aromatic N) is 3. The molecule has 1 fully saturated rings. The third-order valence-corrected chi connectivity index (χ3v) is 7.66. The lowest BCUT2D eigenvalue weighted by Crippen LogP contribution is -2.41. The van der Waals surface area contributed by atoms with Crippen molar-refractivity contribution >= 4 is 38.2 Å². The zero-order chi connectivity index (χ0) is 23.6. The number of piperidine rings is 1. The Kier molecular flexibility index (Phi) is 6.25. The van der Waals surface area contributed by atoms with Crippen molar-refractivity contribution in [3.63, 3.8) is 0 Å². The second-order valence-electron chi connectivity index (χ2n) is 7.64. The first kappa shape index (κ1) is 22.6. The molecule has 4 rings (SSSR count). The standard InChI is InChI=1S/C22H22N4O6S/c1-32-19-8-9-20(18-3-2-12-23-21(18)19)33(30,31)25-13-10-15(11-14-25)22(27)24-16-4-6-17(7-5-16)26(28)29/h2-9,12,15H,10-11,13-14H2,1H3,(H,24,27). The first-order chi connectivity index (χ1) is 15.8. The van der Waals surface area contributed by atoms with Gasteiger partial charge in [0.05, 0.1) is 16.9 Å². The Labute approximate surface area is 190 Å². The number of nitro groups is 1. The normalized spacial score (nSPS) is 15.3. The van der Waals surface area contributed by atoms with Crippen molar-refractivity contribution in [2.24, 2.45) is 5.92 Å². The highest BCUT2D eigenvalue weighted by atomic mass is 32.2. The number of pyridine rings is 1. The van der Waals surface area contributed by atoms with Crippen LogP contribution in [0.5, 0.6) is 5.75 Å². The molecule has 1 aliphatic rings. The largest absolute Gasteiger partial charge is 0.494 e. The number of nitrogens with one attached hydrogen (secondary N) is 1. The van der Waals surface area contributed by atoms with E-state index in [0.29, 0.717) is 35.2 Å². The summed E-state index contributed by atoms with van der Waals surface area (Å²) in [6, 6.07) is 12.1. The molecule has 1 amide bonds. The molecule has 1 aromatic heterocycles. The van der Waals surface area contributed by atoms with Gasteiger partial charge in [0.2, 0.25) is 15.9 Å². The van der Waals surface area contributed by atoms with Crippen molar-refractivity contribution < 1.29 is 22.9 Å². The number of anilines is 1. The summed E-state index contributed by atoms with van der Waals surface area (Å²) in [5.74, 6) is -0.105. The molecule has 33 heavy (non-hydrogen) atoms. The number of sulfonamides is 1. The number of hydrogen-bond donors (Lipinski definition) is 1. The highest BCUT2D eigenvalue weighted by molar-refractivity contribution is 7.89. The van der Waals surface area contributed by atoms with Crippen molar-refractivity contribution in [3.8, 4) is 5.75 Å². The molecule has 0 radical (unpaired) electrons. The molecule has 10 nitrogen and oxygen atoms in total. The van der Waals surface area contributed by atoms with Gasteiger partial charge in [-0.25, -0.2) is 8.42 Å². The van der Waals surface area contributed by atoms with Crippen molar-refractivity contribution in [3.05, 3.63) is 64.8 Å². The number of rotatable bonds is 6. The zero-order valence-electron chi connectivity index (χ0n) is 17.8. The van der Waals surface area contributed by atoms with Gasteiger partial charge in [-0.1, -0.05) is 0 Å². The van der Waals surface area contributed by atoms with E-state index in [-0.39, 0.29) is 35.5 Å². The summed E-state index contributed by atoms with van der Waals surface area (Å²) < 4.78 is 33.4. The molecular weight excluding hydrogens is 448 g/mol. The minimum absolute atomic E-state index is 0.0623. The lowest BCUT2D eigenvalue weighted by molar-refractivity contribution is -0.384. The van der Waals surface area contributed by atoms with Gasteiger partial charge in [-0.3, -0.25) is 19.9 Å².